The van der Waals surface area contributed by atoms with E-state index < -0.39 is 5.97 Å². The van der Waals surface area contributed by atoms with Crippen molar-refractivity contribution in [2.75, 3.05) is 7.11 Å². The molecule has 126 valence electrons. The fourth-order valence-corrected chi connectivity index (χ4v) is 2.04. The zero-order valence-electron chi connectivity index (χ0n) is 13.3. The van der Waals surface area contributed by atoms with Crippen LogP contribution >= 0.6 is 0 Å². The van der Waals surface area contributed by atoms with E-state index in [0.29, 0.717) is 22.6 Å². The van der Waals surface area contributed by atoms with Crippen molar-refractivity contribution < 1.29 is 18.8 Å². The molecule has 0 aliphatic heterocycles. The van der Waals surface area contributed by atoms with Crippen LogP contribution in [-0.2, 0) is 11.3 Å². The van der Waals surface area contributed by atoms with E-state index in [-0.39, 0.29) is 18.3 Å². The van der Waals surface area contributed by atoms with E-state index in [9.17, 15) is 9.59 Å². The molecule has 0 aliphatic rings. The topological polar surface area (TPSA) is 107 Å². The number of esters is 1. The minimum atomic E-state index is -0.478. The van der Waals surface area contributed by atoms with Crippen molar-refractivity contribution in [1.82, 2.24) is 20.4 Å². The van der Waals surface area contributed by atoms with Gasteiger partial charge in [-0.25, -0.2) is 4.79 Å². The molecule has 0 fully saturated rings. The zero-order valence-corrected chi connectivity index (χ0v) is 13.3. The summed E-state index contributed by atoms with van der Waals surface area (Å²) < 4.78 is 9.73. The summed E-state index contributed by atoms with van der Waals surface area (Å²) >= 11 is 0. The number of rotatable bonds is 5. The highest BCUT2D eigenvalue weighted by Crippen LogP contribution is 2.15. The van der Waals surface area contributed by atoms with Gasteiger partial charge in [0.05, 0.1) is 19.2 Å². The predicted octanol–water partition coefficient (Wildman–Crippen LogP) is 1.85. The smallest absolute Gasteiger partial charge is 0.339 e. The molecular formula is C17H14N4O4. The van der Waals surface area contributed by atoms with Gasteiger partial charge in [-0.15, -0.1) is 0 Å². The SMILES string of the molecule is COC(=O)c1ccc(-c2nc(CNC(=O)c3ccccc3)no2)nc1. The van der Waals surface area contributed by atoms with Crippen LogP contribution in [0.15, 0.2) is 53.2 Å². The summed E-state index contributed by atoms with van der Waals surface area (Å²) in [6.07, 6.45) is 1.36. The van der Waals surface area contributed by atoms with Crippen molar-refractivity contribution in [2.24, 2.45) is 0 Å². The third-order valence-corrected chi connectivity index (χ3v) is 3.31. The highest BCUT2D eigenvalue weighted by Gasteiger charge is 2.13. The molecule has 3 aromatic rings. The van der Waals surface area contributed by atoms with Gasteiger partial charge in [0.2, 0.25) is 0 Å². The molecule has 0 spiro atoms. The van der Waals surface area contributed by atoms with E-state index in [0.717, 1.165) is 0 Å². The summed E-state index contributed by atoms with van der Waals surface area (Å²) in [4.78, 5) is 31.6. The number of ether oxygens (including phenoxy) is 1. The minimum absolute atomic E-state index is 0.122. The Morgan fingerprint density at radius 2 is 1.92 bits per heavy atom. The van der Waals surface area contributed by atoms with Crippen LogP contribution in [0.4, 0.5) is 0 Å². The lowest BCUT2D eigenvalue weighted by Crippen LogP contribution is -2.23. The first-order valence-corrected chi connectivity index (χ1v) is 7.38. The normalized spacial score (nSPS) is 10.3. The van der Waals surface area contributed by atoms with Gasteiger partial charge in [-0.2, -0.15) is 4.98 Å². The molecule has 1 N–H and O–H groups in total. The minimum Gasteiger partial charge on any atom is -0.465 e. The van der Waals surface area contributed by atoms with Gasteiger partial charge in [0.15, 0.2) is 5.82 Å². The van der Waals surface area contributed by atoms with Crippen LogP contribution in [0.2, 0.25) is 0 Å². The van der Waals surface area contributed by atoms with Crippen molar-refractivity contribution in [2.45, 2.75) is 6.54 Å². The number of pyridine rings is 1. The largest absolute Gasteiger partial charge is 0.465 e. The molecule has 1 amide bonds. The van der Waals surface area contributed by atoms with Gasteiger partial charge in [0, 0.05) is 11.8 Å². The Bertz CT molecular complexity index is 875. The van der Waals surface area contributed by atoms with E-state index in [2.05, 4.69) is 25.2 Å². The molecule has 0 saturated heterocycles. The summed E-state index contributed by atoms with van der Waals surface area (Å²) in [5.41, 5.74) is 1.29. The van der Waals surface area contributed by atoms with E-state index in [1.165, 1.54) is 13.3 Å². The molecule has 0 saturated carbocycles. The second-order valence-electron chi connectivity index (χ2n) is 4.99. The van der Waals surface area contributed by atoms with Crippen LogP contribution in [-0.4, -0.2) is 34.1 Å². The standard InChI is InChI=1S/C17H14N4O4/c1-24-17(23)12-7-8-13(18-9-12)16-20-14(21-25-16)10-19-15(22)11-5-3-2-4-6-11/h2-9H,10H2,1H3,(H,19,22). The summed E-state index contributed by atoms with van der Waals surface area (Å²) in [6.45, 7) is 0.122. The Morgan fingerprint density at radius 3 is 2.60 bits per heavy atom. The van der Waals surface area contributed by atoms with Crippen LogP contribution in [0.25, 0.3) is 11.6 Å². The van der Waals surface area contributed by atoms with Crippen LogP contribution in [0, 0.1) is 0 Å². The summed E-state index contributed by atoms with van der Waals surface area (Å²) in [6, 6.07) is 12.0. The van der Waals surface area contributed by atoms with Crippen LogP contribution in [0.3, 0.4) is 0 Å². The second kappa shape index (κ2) is 7.35. The molecular weight excluding hydrogens is 324 g/mol. The second-order valence-corrected chi connectivity index (χ2v) is 4.99. The van der Waals surface area contributed by atoms with Crippen molar-refractivity contribution in [3.05, 3.63) is 65.6 Å². The third-order valence-electron chi connectivity index (χ3n) is 3.31. The molecule has 3 rings (SSSR count). The monoisotopic (exact) mass is 338 g/mol. The Morgan fingerprint density at radius 1 is 1.12 bits per heavy atom. The number of nitrogens with one attached hydrogen (secondary N) is 1. The lowest BCUT2D eigenvalue weighted by Gasteiger charge is -2.01. The van der Waals surface area contributed by atoms with E-state index in [4.69, 9.17) is 4.52 Å². The first-order valence-electron chi connectivity index (χ1n) is 7.38. The molecule has 0 bridgehead atoms. The zero-order chi connectivity index (χ0) is 17.6. The Hall–Kier alpha value is -3.55. The quantitative estimate of drug-likeness (QED) is 0.707. The van der Waals surface area contributed by atoms with Crippen molar-refractivity contribution in [1.29, 1.82) is 0 Å². The van der Waals surface area contributed by atoms with Gasteiger partial charge < -0.3 is 14.6 Å². The van der Waals surface area contributed by atoms with E-state index in [1.54, 1.807) is 36.4 Å². The Kier molecular flexibility index (Phi) is 4.79. The van der Waals surface area contributed by atoms with Gasteiger partial charge in [-0.3, -0.25) is 9.78 Å². The molecule has 25 heavy (non-hydrogen) atoms. The predicted molar refractivity (Wildman–Crippen MR) is 86.5 cm³/mol. The van der Waals surface area contributed by atoms with Crippen LogP contribution in [0.5, 0.6) is 0 Å². The number of methoxy groups -OCH3 is 1. The lowest BCUT2D eigenvalue weighted by atomic mass is 10.2. The van der Waals surface area contributed by atoms with Gasteiger partial charge in [-0.05, 0) is 24.3 Å². The maximum absolute atomic E-state index is 12.0. The third kappa shape index (κ3) is 3.86. The molecule has 2 heterocycles. The molecule has 0 unspecified atom stereocenters. The average Bonchev–Trinajstić information content (AvgIpc) is 3.15. The number of benzene rings is 1. The van der Waals surface area contributed by atoms with Crippen LogP contribution < -0.4 is 5.32 Å². The van der Waals surface area contributed by atoms with Gasteiger partial charge >= 0.3 is 5.97 Å². The number of carbonyl (C=O) groups is 2. The lowest BCUT2D eigenvalue weighted by molar-refractivity contribution is 0.0600. The highest BCUT2D eigenvalue weighted by molar-refractivity contribution is 5.94. The summed E-state index contributed by atoms with van der Waals surface area (Å²) in [5, 5.41) is 6.51. The first-order chi connectivity index (χ1) is 12.2. The molecule has 8 heteroatoms. The number of nitrogens with zero attached hydrogens (tertiary/aromatic N) is 3. The summed E-state index contributed by atoms with van der Waals surface area (Å²) in [5.74, 6) is -0.195. The van der Waals surface area contributed by atoms with Crippen molar-refractivity contribution in [3.63, 3.8) is 0 Å². The van der Waals surface area contributed by atoms with Gasteiger partial charge in [0.25, 0.3) is 11.8 Å². The number of amides is 1. The van der Waals surface area contributed by atoms with Crippen LogP contribution in [0.1, 0.15) is 26.5 Å². The molecule has 0 radical (unpaired) electrons. The fourth-order valence-electron chi connectivity index (χ4n) is 2.04. The molecule has 0 aliphatic carbocycles. The molecule has 8 nitrogen and oxygen atoms in total. The molecule has 1 aromatic carbocycles. The van der Waals surface area contributed by atoms with Gasteiger partial charge in [-0.1, -0.05) is 23.4 Å². The molecule has 0 atom stereocenters. The molecule has 2 aromatic heterocycles. The number of aromatic nitrogens is 3. The van der Waals surface area contributed by atoms with Crippen molar-refractivity contribution in [3.8, 4) is 11.6 Å². The summed E-state index contributed by atoms with van der Waals surface area (Å²) in [7, 11) is 1.30. The average molecular weight is 338 g/mol. The Balaban J connectivity index is 1.64. The number of hydrogen-bond donors (Lipinski definition) is 1. The maximum atomic E-state index is 12.0. The van der Waals surface area contributed by atoms with E-state index >= 15 is 0 Å². The first kappa shape index (κ1) is 16.3. The number of hydrogen-bond acceptors (Lipinski definition) is 7. The fraction of sp³-hybridized carbons (Fsp3) is 0.118. The van der Waals surface area contributed by atoms with E-state index in [1.807, 2.05) is 6.07 Å². The highest BCUT2D eigenvalue weighted by atomic mass is 16.5. The van der Waals surface area contributed by atoms with Crippen molar-refractivity contribution >= 4 is 11.9 Å². The maximum Gasteiger partial charge on any atom is 0.339 e. The Labute approximate surface area is 142 Å². The van der Waals surface area contributed by atoms with Gasteiger partial charge in [0.1, 0.15) is 5.69 Å². The number of carbonyl (C=O) groups excluding carboxylic acids is 2.